The zero-order chi connectivity index (χ0) is 20.4. The summed E-state index contributed by atoms with van der Waals surface area (Å²) in [7, 11) is 3.25. The molecule has 2 aliphatic rings. The molecule has 0 saturated carbocycles. The van der Waals surface area contributed by atoms with Crippen molar-refractivity contribution in [3.8, 4) is 11.5 Å². The minimum atomic E-state index is -0.142. The molecule has 0 aromatic heterocycles. The summed E-state index contributed by atoms with van der Waals surface area (Å²) in [6.45, 7) is 1.81. The van der Waals surface area contributed by atoms with Crippen LogP contribution in [0, 0.1) is 0 Å². The van der Waals surface area contributed by atoms with Gasteiger partial charge in [-0.2, -0.15) is 0 Å². The number of methoxy groups -OCH3 is 2. The average molecular weight is 395 g/mol. The van der Waals surface area contributed by atoms with Crippen LogP contribution in [0.4, 0.5) is 10.5 Å². The zero-order valence-corrected chi connectivity index (χ0v) is 16.7. The van der Waals surface area contributed by atoms with Crippen LogP contribution in [0.1, 0.15) is 27.0 Å². The Labute approximate surface area is 170 Å². The molecule has 29 heavy (non-hydrogen) atoms. The first-order valence-corrected chi connectivity index (χ1v) is 9.80. The molecule has 0 bridgehead atoms. The maximum absolute atomic E-state index is 12.9. The van der Waals surface area contributed by atoms with Crippen LogP contribution in [0.15, 0.2) is 30.3 Å². The Morgan fingerprint density at radius 3 is 2.31 bits per heavy atom. The van der Waals surface area contributed by atoms with Gasteiger partial charge in [-0.3, -0.25) is 4.79 Å². The molecule has 0 aliphatic carbocycles. The number of ether oxygens (including phenoxy) is 2. The number of hydrogen-bond acceptors (Lipinski definition) is 4. The van der Waals surface area contributed by atoms with Crippen LogP contribution in [0.3, 0.4) is 0 Å². The van der Waals surface area contributed by atoms with Crippen LogP contribution in [0.2, 0.25) is 0 Å². The second-order valence-electron chi connectivity index (χ2n) is 7.23. The third-order valence-corrected chi connectivity index (χ3v) is 5.62. The Morgan fingerprint density at radius 1 is 1.03 bits per heavy atom. The van der Waals surface area contributed by atoms with Crippen molar-refractivity contribution < 1.29 is 19.1 Å². The van der Waals surface area contributed by atoms with Crippen LogP contribution in [0.5, 0.6) is 11.5 Å². The molecule has 0 unspecified atom stereocenters. The number of nitrogens with one attached hydrogen (secondary N) is 2. The van der Waals surface area contributed by atoms with E-state index in [-0.39, 0.29) is 11.9 Å². The summed E-state index contributed by atoms with van der Waals surface area (Å²) in [5.41, 5.74) is 4.60. The molecule has 3 amide bonds. The predicted octanol–water partition coefficient (Wildman–Crippen LogP) is 2.62. The molecule has 4 rings (SSSR count). The number of nitrogens with zero attached hydrogens (tertiary/aromatic N) is 1. The fraction of sp³-hybridized carbons (Fsp3) is 0.364. The number of anilines is 1. The maximum atomic E-state index is 12.9. The van der Waals surface area contributed by atoms with E-state index in [0.717, 1.165) is 18.4 Å². The van der Waals surface area contributed by atoms with E-state index in [1.165, 1.54) is 11.1 Å². The molecule has 0 radical (unpaired) electrons. The smallest absolute Gasteiger partial charge is 0.321 e. The van der Waals surface area contributed by atoms with Gasteiger partial charge in [0.15, 0.2) is 11.5 Å². The Bertz CT molecular complexity index is 922. The van der Waals surface area contributed by atoms with Crippen molar-refractivity contribution in [3.63, 3.8) is 0 Å². The van der Waals surface area contributed by atoms with Crippen molar-refractivity contribution in [2.75, 3.05) is 39.2 Å². The molecule has 0 spiro atoms. The van der Waals surface area contributed by atoms with Crippen LogP contribution in [-0.4, -0.2) is 50.7 Å². The number of carbonyl (C=O) groups excluding carboxylic acids is 2. The highest BCUT2D eigenvalue weighted by Crippen LogP contribution is 2.32. The number of urea groups is 1. The summed E-state index contributed by atoms with van der Waals surface area (Å²) in [5.74, 6) is 1.33. The van der Waals surface area contributed by atoms with E-state index in [2.05, 4.69) is 10.6 Å². The topological polar surface area (TPSA) is 79.9 Å². The number of amides is 3. The molecule has 2 aromatic carbocycles. The first-order chi connectivity index (χ1) is 14.1. The van der Waals surface area contributed by atoms with Crippen molar-refractivity contribution in [2.24, 2.45) is 0 Å². The lowest BCUT2D eigenvalue weighted by molar-refractivity contribution is 0.0946. The SMILES string of the molecule is COc1cc2c(cc1OC)CCN(C(=O)Nc1cccc3c1CCNC3=O)CC2. The standard InChI is InChI=1S/C22H25N3O4/c1-28-19-12-14-7-10-25(11-8-15(14)13-20(19)29-2)22(27)24-18-5-3-4-17-16(18)6-9-23-21(17)26/h3-5,12-13H,6-11H2,1-2H3,(H,23,26)(H,24,27). The van der Waals surface area contributed by atoms with E-state index in [9.17, 15) is 9.59 Å². The Morgan fingerprint density at radius 2 is 1.69 bits per heavy atom. The van der Waals surface area contributed by atoms with E-state index < -0.39 is 0 Å². The van der Waals surface area contributed by atoms with Gasteiger partial charge < -0.3 is 25.0 Å². The zero-order valence-electron chi connectivity index (χ0n) is 16.7. The quantitative estimate of drug-likeness (QED) is 0.837. The number of carbonyl (C=O) groups is 2. The molecular formula is C22H25N3O4. The van der Waals surface area contributed by atoms with Crippen molar-refractivity contribution in [3.05, 3.63) is 52.6 Å². The molecule has 7 nitrogen and oxygen atoms in total. The average Bonchev–Trinajstić information content (AvgIpc) is 2.95. The van der Waals surface area contributed by atoms with E-state index in [1.54, 1.807) is 26.4 Å². The summed E-state index contributed by atoms with van der Waals surface area (Å²) in [6, 6.07) is 9.32. The van der Waals surface area contributed by atoms with Gasteiger partial charge in [0.05, 0.1) is 14.2 Å². The van der Waals surface area contributed by atoms with Crippen molar-refractivity contribution >= 4 is 17.6 Å². The lowest BCUT2D eigenvalue weighted by Crippen LogP contribution is -2.38. The molecule has 7 heteroatoms. The fourth-order valence-electron chi connectivity index (χ4n) is 4.03. The van der Waals surface area contributed by atoms with Gasteiger partial charge in [0.2, 0.25) is 0 Å². The molecule has 2 aliphatic heterocycles. The van der Waals surface area contributed by atoms with Gasteiger partial charge in [0.25, 0.3) is 5.91 Å². The van der Waals surface area contributed by atoms with Crippen LogP contribution < -0.4 is 20.1 Å². The number of fused-ring (bicyclic) bond motifs is 2. The van der Waals surface area contributed by atoms with Gasteiger partial charge >= 0.3 is 6.03 Å². The molecule has 152 valence electrons. The monoisotopic (exact) mass is 395 g/mol. The fourth-order valence-corrected chi connectivity index (χ4v) is 4.03. The lowest BCUT2D eigenvalue weighted by Gasteiger charge is -2.24. The van der Waals surface area contributed by atoms with E-state index in [1.807, 2.05) is 23.1 Å². The second kappa shape index (κ2) is 8.03. The van der Waals surface area contributed by atoms with E-state index >= 15 is 0 Å². The van der Waals surface area contributed by atoms with E-state index in [0.29, 0.717) is 48.8 Å². The molecule has 2 N–H and O–H groups in total. The molecule has 0 fully saturated rings. The highest BCUT2D eigenvalue weighted by molar-refractivity contribution is 6.00. The lowest BCUT2D eigenvalue weighted by atomic mass is 9.98. The number of hydrogen-bond donors (Lipinski definition) is 2. The second-order valence-corrected chi connectivity index (χ2v) is 7.23. The third-order valence-electron chi connectivity index (χ3n) is 5.62. The normalized spacial score (nSPS) is 15.5. The van der Waals surface area contributed by atoms with Gasteiger partial charge in [-0.25, -0.2) is 4.79 Å². The summed E-state index contributed by atoms with van der Waals surface area (Å²) in [5, 5.41) is 5.85. The summed E-state index contributed by atoms with van der Waals surface area (Å²) >= 11 is 0. The van der Waals surface area contributed by atoms with Crippen molar-refractivity contribution in [1.29, 1.82) is 0 Å². The first-order valence-electron chi connectivity index (χ1n) is 9.80. The summed E-state index contributed by atoms with van der Waals surface area (Å²) in [4.78, 5) is 26.8. The highest BCUT2D eigenvalue weighted by atomic mass is 16.5. The Balaban J connectivity index is 1.50. The van der Waals surface area contributed by atoms with Gasteiger partial charge in [-0.05, 0) is 60.2 Å². The number of benzene rings is 2. The molecular weight excluding hydrogens is 370 g/mol. The van der Waals surface area contributed by atoms with Gasteiger partial charge in [0.1, 0.15) is 0 Å². The summed E-state index contributed by atoms with van der Waals surface area (Å²) in [6.07, 6.45) is 2.21. The predicted molar refractivity (Wildman–Crippen MR) is 110 cm³/mol. The first kappa shape index (κ1) is 19.1. The minimum absolute atomic E-state index is 0.0875. The molecule has 0 atom stereocenters. The van der Waals surface area contributed by atoms with Gasteiger partial charge in [0, 0.05) is 30.9 Å². The third kappa shape index (κ3) is 3.72. The van der Waals surface area contributed by atoms with Crippen LogP contribution >= 0.6 is 0 Å². The largest absolute Gasteiger partial charge is 0.493 e. The van der Waals surface area contributed by atoms with Crippen molar-refractivity contribution in [1.82, 2.24) is 10.2 Å². The molecule has 0 saturated heterocycles. The van der Waals surface area contributed by atoms with E-state index in [4.69, 9.17) is 9.47 Å². The highest BCUT2D eigenvalue weighted by Gasteiger charge is 2.23. The van der Waals surface area contributed by atoms with Crippen LogP contribution in [0.25, 0.3) is 0 Å². The maximum Gasteiger partial charge on any atom is 0.321 e. The minimum Gasteiger partial charge on any atom is -0.493 e. The molecule has 2 heterocycles. The van der Waals surface area contributed by atoms with Crippen LogP contribution in [-0.2, 0) is 19.3 Å². The van der Waals surface area contributed by atoms with Crippen molar-refractivity contribution in [2.45, 2.75) is 19.3 Å². The number of rotatable bonds is 3. The molecule has 2 aromatic rings. The summed E-state index contributed by atoms with van der Waals surface area (Å²) < 4.78 is 10.8. The Kier molecular flexibility index (Phi) is 5.29. The van der Waals surface area contributed by atoms with Gasteiger partial charge in [-0.1, -0.05) is 6.07 Å². The van der Waals surface area contributed by atoms with Gasteiger partial charge in [-0.15, -0.1) is 0 Å². The Hall–Kier alpha value is -3.22.